The lowest BCUT2D eigenvalue weighted by molar-refractivity contribution is 0.275. The van der Waals surface area contributed by atoms with E-state index < -0.39 is 17.5 Å². The molecule has 0 aliphatic rings. The van der Waals surface area contributed by atoms with Gasteiger partial charge in [0.15, 0.2) is 17.5 Å². The SMILES string of the molecule is NCCN(CCc1ccccc1)Cc1cc(F)c(F)c(F)c1. The number of nitrogens with two attached hydrogens (primary N) is 1. The van der Waals surface area contributed by atoms with Gasteiger partial charge in [0.25, 0.3) is 0 Å². The molecule has 0 radical (unpaired) electrons. The number of nitrogens with zero attached hydrogens (tertiary/aromatic N) is 1. The smallest absolute Gasteiger partial charge is 0.194 e. The molecule has 5 heteroatoms. The third-order valence-corrected chi connectivity index (χ3v) is 3.45. The molecule has 2 aromatic carbocycles. The molecule has 0 fully saturated rings. The van der Waals surface area contributed by atoms with Gasteiger partial charge in [-0.15, -0.1) is 0 Å². The molecule has 0 atom stereocenters. The van der Waals surface area contributed by atoms with Crippen LogP contribution in [0.25, 0.3) is 0 Å². The predicted octanol–water partition coefficient (Wildman–Crippen LogP) is 3.11. The van der Waals surface area contributed by atoms with E-state index in [4.69, 9.17) is 5.73 Å². The van der Waals surface area contributed by atoms with Gasteiger partial charge in [-0.25, -0.2) is 13.2 Å². The normalized spacial score (nSPS) is 11.1. The van der Waals surface area contributed by atoms with Gasteiger partial charge in [0.1, 0.15) is 0 Å². The fourth-order valence-electron chi connectivity index (χ4n) is 2.34. The van der Waals surface area contributed by atoms with E-state index >= 15 is 0 Å². The van der Waals surface area contributed by atoms with Crippen LogP contribution >= 0.6 is 0 Å². The molecule has 2 aromatic rings. The van der Waals surface area contributed by atoms with E-state index in [0.29, 0.717) is 31.7 Å². The van der Waals surface area contributed by atoms with Gasteiger partial charge in [-0.05, 0) is 29.7 Å². The Balaban J connectivity index is 2.02. The lowest BCUT2D eigenvalue weighted by atomic mass is 10.1. The molecule has 2 rings (SSSR count). The van der Waals surface area contributed by atoms with Crippen molar-refractivity contribution >= 4 is 0 Å². The molecule has 0 amide bonds. The van der Waals surface area contributed by atoms with Crippen molar-refractivity contribution < 1.29 is 13.2 Å². The van der Waals surface area contributed by atoms with E-state index in [0.717, 1.165) is 18.6 Å². The molecule has 0 saturated heterocycles. The minimum Gasteiger partial charge on any atom is -0.329 e. The van der Waals surface area contributed by atoms with Crippen LogP contribution in [-0.4, -0.2) is 24.5 Å². The maximum atomic E-state index is 13.3. The van der Waals surface area contributed by atoms with Crippen molar-refractivity contribution in [1.29, 1.82) is 0 Å². The highest BCUT2D eigenvalue weighted by atomic mass is 19.2. The summed E-state index contributed by atoms with van der Waals surface area (Å²) in [6.45, 7) is 2.09. The number of hydrogen-bond acceptors (Lipinski definition) is 2. The van der Waals surface area contributed by atoms with Gasteiger partial charge in [0, 0.05) is 26.2 Å². The molecule has 0 bridgehead atoms. The second-order valence-electron chi connectivity index (χ2n) is 5.17. The van der Waals surface area contributed by atoms with Crippen LogP contribution in [0.2, 0.25) is 0 Å². The average Bonchev–Trinajstić information content (AvgIpc) is 2.51. The van der Waals surface area contributed by atoms with E-state index in [1.54, 1.807) is 0 Å². The van der Waals surface area contributed by atoms with E-state index in [1.165, 1.54) is 5.56 Å². The van der Waals surface area contributed by atoms with Crippen LogP contribution in [0.3, 0.4) is 0 Å². The van der Waals surface area contributed by atoms with Gasteiger partial charge in [-0.3, -0.25) is 4.90 Å². The average molecular weight is 308 g/mol. The summed E-state index contributed by atoms with van der Waals surface area (Å²) in [6.07, 6.45) is 0.812. The van der Waals surface area contributed by atoms with Crippen molar-refractivity contribution in [1.82, 2.24) is 4.90 Å². The Labute approximate surface area is 128 Å². The van der Waals surface area contributed by atoms with Crippen LogP contribution in [0.1, 0.15) is 11.1 Å². The van der Waals surface area contributed by atoms with Crippen molar-refractivity contribution in [3.8, 4) is 0 Å². The minimum absolute atomic E-state index is 0.332. The Bertz CT molecular complexity index is 579. The first kappa shape index (κ1) is 16.5. The zero-order valence-electron chi connectivity index (χ0n) is 12.2. The summed E-state index contributed by atoms with van der Waals surface area (Å²) in [5.41, 5.74) is 7.17. The first-order valence-electron chi connectivity index (χ1n) is 7.20. The van der Waals surface area contributed by atoms with Crippen LogP contribution in [0.5, 0.6) is 0 Å². The van der Waals surface area contributed by atoms with E-state index in [-0.39, 0.29) is 0 Å². The molecular weight excluding hydrogens is 289 g/mol. The van der Waals surface area contributed by atoms with Gasteiger partial charge in [-0.2, -0.15) is 0 Å². The Kier molecular flexibility index (Phi) is 5.98. The summed E-state index contributed by atoms with van der Waals surface area (Å²) in [5, 5.41) is 0. The number of rotatable bonds is 7. The van der Waals surface area contributed by atoms with Crippen molar-refractivity contribution in [2.45, 2.75) is 13.0 Å². The maximum absolute atomic E-state index is 13.3. The van der Waals surface area contributed by atoms with Crippen molar-refractivity contribution in [2.75, 3.05) is 19.6 Å². The van der Waals surface area contributed by atoms with Crippen LogP contribution in [0.15, 0.2) is 42.5 Å². The Morgan fingerprint density at radius 2 is 1.50 bits per heavy atom. The number of hydrogen-bond donors (Lipinski definition) is 1. The molecule has 0 aromatic heterocycles. The van der Waals surface area contributed by atoms with Gasteiger partial charge in [0.2, 0.25) is 0 Å². The molecule has 2 nitrogen and oxygen atoms in total. The van der Waals surface area contributed by atoms with Crippen LogP contribution < -0.4 is 5.73 Å². The summed E-state index contributed by atoms with van der Waals surface area (Å²) in [4.78, 5) is 2.00. The first-order valence-corrected chi connectivity index (χ1v) is 7.20. The first-order chi connectivity index (χ1) is 10.6. The van der Waals surface area contributed by atoms with E-state index in [9.17, 15) is 13.2 Å². The molecule has 0 heterocycles. The molecule has 2 N–H and O–H groups in total. The molecule has 0 aliphatic heterocycles. The lowest BCUT2D eigenvalue weighted by Gasteiger charge is -2.22. The molecule has 0 unspecified atom stereocenters. The molecule has 0 spiro atoms. The quantitative estimate of drug-likeness (QED) is 0.796. The number of benzene rings is 2. The zero-order chi connectivity index (χ0) is 15.9. The van der Waals surface area contributed by atoms with Crippen molar-refractivity contribution in [3.63, 3.8) is 0 Å². The highest BCUT2D eigenvalue weighted by molar-refractivity contribution is 5.19. The Hall–Kier alpha value is -1.85. The summed E-state index contributed by atoms with van der Waals surface area (Å²) >= 11 is 0. The van der Waals surface area contributed by atoms with Gasteiger partial charge >= 0.3 is 0 Å². The second-order valence-corrected chi connectivity index (χ2v) is 5.17. The van der Waals surface area contributed by atoms with Gasteiger partial charge < -0.3 is 5.73 Å². The molecule has 0 aliphatic carbocycles. The molecule has 22 heavy (non-hydrogen) atoms. The summed E-state index contributed by atoms with van der Waals surface area (Å²) in [6, 6.07) is 12.0. The fourth-order valence-corrected chi connectivity index (χ4v) is 2.34. The summed E-state index contributed by atoms with van der Waals surface area (Å²) in [5.74, 6) is -3.75. The third-order valence-electron chi connectivity index (χ3n) is 3.45. The standard InChI is InChI=1S/C17H19F3N2/c18-15-10-14(11-16(19)17(15)20)12-22(9-7-21)8-6-13-4-2-1-3-5-13/h1-5,10-11H,6-9,12,21H2. The van der Waals surface area contributed by atoms with E-state index in [1.807, 2.05) is 35.2 Å². The molecular formula is C17H19F3N2. The fraction of sp³-hybridized carbons (Fsp3) is 0.294. The Morgan fingerprint density at radius 1 is 0.864 bits per heavy atom. The van der Waals surface area contributed by atoms with E-state index in [2.05, 4.69) is 0 Å². The largest absolute Gasteiger partial charge is 0.329 e. The van der Waals surface area contributed by atoms with Crippen molar-refractivity contribution in [3.05, 3.63) is 71.0 Å². The van der Waals surface area contributed by atoms with Crippen LogP contribution in [0, 0.1) is 17.5 Å². The third kappa shape index (κ3) is 4.58. The number of halogens is 3. The highest BCUT2D eigenvalue weighted by Crippen LogP contribution is 2.15. The summed E-state index contributed by atoms with van der Waals surface area (Å²) < 4.78 is 39.5. The highest BCUT2D eigenvalue weighted by Gasteiger charge is 2.13. The summed E-state index contributed by atoms with van der Waals surface area (Å²) in [7, 11) is 0. The monoisotopic (exact) mass is 308 g/mol. The second kappa shape index (κ2) is 7.96. The maximum Gasteiger partial charge on any atom is 0.194 e. The van der Waals surface area contributed by atoms with Crippen LogP contribution in [0.4, 0.5) is 13.2 Å². The topological polar surface area (TPSA) is 29.3 Å². The predicted molar refractivity (Wildman–Crippen MR) is 80.8 cm³/mol. The van der Waals surface area contributed by atoms with Crippen LogP contribution in [-0.2, 0) is 13.0 Å². The molecule has 0 saturated carbocycles. The van der Waals surface area contributed by atoms with Gasteiger partial charge in [-0.1, -0.05) is 30.3 Å². The Morgan fingerprint density at radius 3 is 2.09 bits per heavy atom. The zero-order valence-corrected chi connectivity index (χ0v) is 12.2. The van der Waals surface area contributed by atoms with Crippen molar-refractivity contribution in [2.24, 2.45) is 5.73 Å². The minimum atomic E-state index is -1.43. The van der Waals surface area contributed by atoms with Gasteiger partial charge in [0.05, 0.1) is 0 Å². The lowest BCUT2D eigenvalue weighted by Crippen LogP contribution is -2.31. The molecule has 118 valence electrons.